The van der Waals surface area contributed by atoms with E-state index >= 15 is 0 Å². The number of aryl methyl sites for hydroxylation is 1. The van der Waals surface area contributed by atoms with Crippen LogP contribution in [0.5, 0.6) is 0 Å². The first-order valence-electron chi connectivity index (χ1n) is 5.02. The van der Waals surface area contributed by atoms with Crippen molar-refractivity contribution in [3.63, 3.8) is 0 Å². The molecule has 0 aliphatic carbocycles. The van der Waals surface area contributed by atoms with E-state index in [1.165, 1.54) is 17.5 Å². The van der Waals surface area contributed by atoms with Crippen LogP contribution in [0.3, 0.4) is 0 Å². The van der Waals surface area contributed by atoms with Gasteiger partial charge in [-0.3, -0.25) is 0 Å². The standard InChI is InChI=1S/C12H16Br2/c1-2-10-3-5-11(6-4-10)12(9-14)7-8-13/h3-6,12H,2,7-9H2,1H3. The Hall–Kier alpha value is 0.180. The summed E-state index contributed by atoms with van der Waals surface area (Å²) in [5.74, 6) is 0.639. The second-order valence-electron chi connectivity index (χ2n) is 3.42. The van der Waals surface area contributed by atoms with Gasteiger partial charge in [0.1, 0.15) is 0 Å². The topological polar surface area (TPSA) is 0 Å². The highest BCUT2D eigenvalue weighted by Crippen LogP contribution is 2.23. The summed E-state index contributed by atoms with van der Waals surface area (Å²) in [6.07, 6.45) is 2.31. The molecule has 0 spiro atoms. The summed E-state index contributed by atoms with van der Waals surface area (Å²) in [6.45, 7) is 2.19. The van der Waals surface area contributed by atoms with E-state index in [-0.39, 0.29) is 0 Å². The number of benzene rings is 1. The molecule has 78 valence electrons. The van der Waals surface area contributed by atoms with E-state index in [2.05, 4.69) is 63.0 Å². The van der Waals surface area contributed by atoms with Crippen molar-refractivity contribution in [1.29, 1.82) is 0 Å². The van der Waals surface area contributed by atoms with Gasteiger partial charge >= 0.3 is 0 Å². The van der Waals surface area contributed by atoms with Crippen LogP contribution in [0, 0.1) is 0 Å². The molecule has 0 N–H and O–H groups in total. The molecule has 0 amide bonds. The van der Waals surface area contributed by atoms with Gasteiger partial charge in [0.05, 0.1) is 0 Å². The average molecular weight is 320 g/mol. The van der Waals surface area contributed by atoms with Crippen molar-refractivity contribution in [2.45, 2.75) is 25.7 Å². The fourth-order valence-corrected chi connectivity index (χ4v) is 2.74. The number of alkyl halides is 2. The Kier molecular flexibility index (Phi) is 5.80. The van der Waals surface area contributed by atoms with Crippen LogP contribution in [-0.4, -0.2) is 10.7 Å². The molecule has 2 heteroatoms. The molecular weight excluding hydrogens is 304 g/mol. The Bertz CT molecular complexity index is 254. The van der Waals surface area contributed by atoms with Gasteiger partial charge in [0.15, 0.2) is 0 Å². The van der Waals surface area contributed by atoms with Crippen molar-refractivity contribution in [2.75, 3.05) is 10.7 Å². The zero-order valence-electron chi connectivity index (χ0n) is 8.47. The summed E-state index contributed by atoms with van der Waals surface area (Å²) in [5, 5.41) is 2.11. The Morgan fingerprint density at radius 1 is 1.14 bits per heavy atom. The minimum Gasteiger partial charge on any atom is -0.0928 e. The van der Waals surface area contributed by atoms with E-state index in [9.17, 15) is 0 Å². The molecule has 0 aromatic heterocycles. The largest absolute Gasteiger partial charge is 0.0928 e. The zero-order chi connectivity index (χ0) is 10.4. The molecule has 0 nitrogen and oxygen atoms in total. The SMILES string of the molecule is CCc1ccc(C(CBr)CCBr)cc1. The van der Waals surface area contributed by atoms with Gasteiger partial charge in [-0.25, -0.2) is 0 Å². The molecule has 0 aliphatic rings. The monoisotopic (exact) mass is 318 g/mol. The first-order chi connectivity index (χ1) is 6.81. The molecule has 1 aromatic carbocycles. The third-order valence-corrected chi connectivity index (χ3v) is 3.74. The van der Waals surface area contributed by atoms with E-state index in [4.69, 9.17) is 0 Å². The molecular formula is C12H16Br2. The molecule has 0 fully saturated rings. The second-order valence-corrected chi connectivity index (χ2v) is 4.86. The third kappa shape index (κ3) is 3.39. The number of halogens is 2. The average Bonchev–Trinajstić information content (AvgIpc) is 2.26. The fourth-order valence-electron chi connectivity index (χ4n) is 1.49. The van der Waals surface area contributed by atoms with Crippen LogP contribution in [0.4, 0.5) is 0 Å². The second kappa shape index (κ2) is 6.62. The van der Waals surface area contributed by atoms with Crippen LogP contribution < -0.4 is 0 Å². The highest BCUT2D eigenvalue weighted by molar-refractivity contribution is 9.09. The highest BCUT2D eigenvalue weighted by atomic mass is 79.9. The van der Waals surface area contributed by atoms with Gasteiger partial charge in [-0.1, -0.05) is 63.0 Å². The summed E-state index contributed by atoms with van der Waals surface area (Å²) in [5.41, 5.74) is 2.86. The van der Waals surface area contributed by atoms with Crippen molar-refractivity contribution < 1.29 is 0 Å². The Balaban J connectivity index is 2.73. The van der Waals surface area contributed by atoms with Crippen LogP contribution in [0.25, 0.3) is 0 Å². The molecule has 0 radical (unpaired) electrons. The van der Waals surface area contributed by atoms with Gasteiger partial charge in [-0.2, -0.15) is 0 Å². The number of rotatable bonds is 5. The molecule has 1 unspecified atom stereocenters. The minimum atomic E-state index is 0.639. The number of hydrogen-bond acceptors (Lipinski definition) is 0. The summed E-state index contributed by atoms with van der Waals surface area (Å²) in [4.78, 5) is 0. The van der Waals surface area contributed by atoms with Gasteiger partial charge in [0.25, 0.3) is 0 Å². The predicted octanol–water partition coefficient (Wildman–Crippen LogP) is 4.51. The van der Waals surface area contributed by atoms with E-state index in [1.54, 1.807) is 0 Å². The first-order valence-corrected chi connectivity index (χ1v) is 7.26. The summed E-state index contributed by atoms with van der Waals surface area (Å²) in [6, 6.07) is 8.99. The highest BCUT2D eigenvalue weighted by Gasteiger charge is 2.08. The van der Waals surface area contributed by atoms with E-state index < -0.39 is 0 Å². The third-order valence-electron chi connectivity index (χ3n) is 2.50. The van der Waals surface area contributed by atoms with Crippen molar-refractivity contribution in [3.8, 4) is 0 Å². The smallest absolute Gasteiger partial charge is 0.0100 e. The number of hydrogen-bond donors (Lipinski definition) is 0. The summed E-state index contributed by atoms with van der Waals surface area (Å²) < 4.78 is 0. The maximum Gasteiger partial charge on any atom is 0.0100 e. The Labute approximate surface area is 103 Å². The Morgan fingerprint density at radius 3 is 2.21 bits per heavy atom. The van der Waals surface area contributed by atoms with Gasteiger partial charge in [0, 0.05) is 10.7 Å². The van der Waals surface area contributed by atoms with Crippen molar-refractivity contribution in [1.82, 2.24) is 0 Å². The van der Waals surface area contributed by atoms with E-state index in [0.717, 1.165) is 17.1 Å². The van der Waals surface area contributed by atoms with Crippen LogP contribution >= 0.6 is 31.9 Å². The molecule has 14 heavy (non-hydrogen) atoms. The molecule has 1 atom stereocenters. The lowest BCUT2D eigenvalue weighted by Crippen LogP contribution is -2.01. The predicted molar refractivity (Wildman–Crippen MR) is 70.8 cm³/mol. The molecule has 1 rings (SSSR count). The lowest BCUT2D eigenvalue weighted by molar-refractivity contribution is 0.759. The fraction of sp³-hybridized carbons (Fsp3) is 0.500. The molecule has 1 aromatic rings. The van der Waals surface area contributed by atoms with Gasteiger partial charge in [-0.15, -0.1) is 0 Å². The molecule has 0 heterocycles. The molecule has 0 saturated heterocycles. The lowest BCUT2D eigenvalue weighted by atomic mass is 9.97. The summed E-state index contributed by atoms with van der Waals surface area (Å²) >= 11 is 7.06. The van der Waals surface area contributed by atoms with Gasteiger partial charge in [0.2, 0.25) is 0 Å². The lowest BCUT2D eigenvalue weighted by Gasteiger charge is -2.13. The summed E-state index contributed by atoms with van der Waals surface area (Å²) in [7, 11) is 0. The van der Waals surface area contributed by atoms with E-state index in [0.29, 0.717) is 5.92 Å². The molecule has 0 saturated carbocycles. The van der Waals surface area contributed by atoms with Gasteiger partial charge < -0.3 is 0 Å². The molecule has 0 aliphatic heterocycles. The zero-order valence-corrected chi connectivity index (χ0v) is 11.6. The van der Waals surface area contributed by atoms with E-state index in [1.807, 2.05) is 0 Å². The molecule has 0 bridgehead atoms. The van der Waals surface area contributed by atoms with Crippen molar-refractivity contribution in [3.05, 3.63) is 35.4 Å². The normalized spacial score (nSPS) is 12.8. The van der Waals surface area contributed by atoms with Crippen LogP contribution in [0.15, 0.2) is 24.3 Å². The van der Waals surface area contributed by atoms with Crippen LogP contribution in [0.1, 0.15) is 30.4 Å². The Morgan fingerprint density at radius 2 is 1.79 bits per heavy atom. The van der Waals surface area contributed by atoms with Crippen molar-refractivity contribution in [2.24, 2.45) is 0 Å². The van der Waals surface area contributed by atoms with Crippen LogP contribution in [-0.2, 0) is 6.42 Å². The minimum absolute atomic E-state index is 0.639. The quantitative estimate of drug-likeness (QED) is 0.700. The maximum atomic E-state index is 3.57. The van der Waals surface area contributed by atoms with Gasteiger partial charge in [-0.05, 0) is 29.9 Å². The first kappa shape index (κ1) is 12.3. The van der Waals surface area contributed by atoms with Crippen LogP contribution in [0.2, 0.25) is 0 Å². The maximum absolute atomic E-state index is 3.57. The van der Waals surface area contributed by atoms with Crippen molar-refractivity contribution >= 4 is 31.9 Å².